The summed E-state index contributed by atoms with van der Waals surface area (Å²) in [6.07, 6.45) is 2.83. The van der Waals surface area contributed by atoms with Crippen LogP contribution in [0.2, 0.25) is 0 Å². The highest BCUT2D eigenvalue weighted by molar-refractivity contribution is 7.11. The molecule has 21 heavy (non-hydrogen) atoms. The van der Waals surface area contributed by atoms with E-state index in [0.717, 1.165) is 18.7 Å². The summed E-state index contributed by atoms with van der Waals surface area (Å²) in [6.45, 7) is 3.05. The quantitative estimate of drug-likeness (QED) is 0.708. The predicted octanol–water partition coefficient (Wildman–Crippen LogP) is 4.78. The molecule has 1 aromatic carbocycles. The van der Waals surface area contributed by atoms with Crippen LogP contribution in [0, 0.1) is 0 Å². The summed E-state index contributed by atoms with van der Waals surface area (Å²) in [4.78, 5) is 2.79. The number of aryl methyl sites for hydroxylation is 1. The number of nitrogens with one attached hydrogen (secondary N) is 1. The number of rotatable bonds is 6. The molecule has 2 aromatic heterocycles. The Morgan fingerprint density at radius 2 is 1.81 bits per heavy atom. The van der Waals surface area contributed by atoms with E-state index in [0.29, 0.717) is 0 Å². The second-order valence-corrected chi connectivity index (χ2v) is 6.21. The summed E-state index contributed by atoms with van der Waals surface area (Å²) >= 11 is 1.87. The van der Waals surface area contributed by atoms with Crippen molar-refractivity contribution in [3.63, 3.8) is 0 Å². The topological polar surface area (TPSA) is 25.2 Å². The third-order valence-electron chi connectivity index (χ3n) is 3.51. The number of thiophene rings is 1. The first-order valence-corrected chi connectivity index (χ1v) is 8.08. The van der Waals surface area contributed by atoms with Gasteiger partial charge in [0.2, 0.25) is 0 Å². The van der Waals surface area contributed by atoms with Gasteiger partial charge in [-0.3, -0.25) is 5.32 Å². The molecule has 0 saturated carbocycles. The highest BCUT2D eigenvalue weighted by Crippen LogP contribution is 2.24. The summed E-state index contributed by atoms with van der Waals surface area (Å²) in [5, 5.41) is 3.61. The van der Waals surface area contributed by atoms with Crippen molar-refractivity contribution in [2.24, 2.45) is 0 Å². The minimum absolute atomic E-state index is 0.0911. The van der Waals surface area contributed by atoms with E-state index in [1.54, 1.807) is 6.26 Å². The van der Waals surface area contributed by atoms with Gasteiger partial charge in [0.1, 0.15) is 5.76 Å². The Kier molecular flexibility index (Phi) is 4.53. The van der Waals surface area contributed by atoms with Gasteiger partial charge in [-0.25, -0.2) is 0 Å². The Labute approximate surface area is 129 Å². The molecule has 0 amide bonds. The van der Waals surface area contributed by atoms with Gasteiger partial charge in [-0.2, -0.15) is 0 Å². The molecule has 0 aliphatic rings. The largest absolute Gasteiger partial charge is 0.467 e. The Bertz CT molecular complexity index is 658. The lowest BCUT2D eigenvalue weighted by atomic mass is 10.0. The second-order valence-electron chi connectivity index (χ2n) is 4.96. The maximum absolute atomic E-state index is 5.61. The summed E-state index contributed by atoms with van der Waals surface area (Å²) in [6, 6.07) is 18.9. The normalized spacial score (nSPS) is 12.4. The first kappa shape index (κ1) is 14.1. The van der Waals surface area contributed by atoms with Crippen LogP contribution < -0.4 is 5.32 Å². The molecule has 1 atom stereocenters. The van der Waals surface area contributed by atoms with Crippen molar-refractivity contribution in [3.05, 3.63) is 81.9 Å². The standard InChI is InChI=1S/C18H19NOS/c1-2-15-10-11-16(21-15)13-19-18(17-9-6-12-20-17)14-7-4-3-5-8-14/h3-12,18-19H,2,13H2,1H3. The first-order valence-electron chi connectivity index (χ1n) is 7.26. The molecule has 0 radical (unpaired) electrons. The van der Waals surface area contributed by atoms with E-state index >= 15 is 0 Å². The van der Waals surface area contributed by atoms with Crippen molar-refractivity contribution in [2.75, 3.05) is 0 Å². The minimum Gasteiger partial charge on any atom is -0.467 e. The van der Waals surface area contributed by atoms with Gasteiger partial charge in [0, 0.05) is 16.3 Å². The third-order valence-corrected chi connectivity index (χ3v) is 4.74. The van der Waals surface area contributed by atoms with Gasteiger partial charge in [-0.15, -0.1) is 11.3 Å². The SMILES string of the molecule is CCc1ccc(CNC(c2ccccc2)c2ccco2)s1. The number of benzene rings is 1. The monoisotopic (exact) mass is 297 g/mol. The van der Waals surface area contributed by atoms with Crippen molar-refractivity contribution in [1.29, 1.82) is 0 Å². The molecule has 1 N–H and O–H groups in total. The smallest absolute Gasteiger partial charge is 0.125 e. The van der Waals surface area contributed by atoms with Crippen LogP contribution in [0.15, 0.2) is 65.3 Å². The van der Waals surface area contributed by atoms with Crippen LogP contribution in [0.1, 0.15) is 34.0 Å². The molecule has 0 spiro atoms. The molecule has 0 aliphatic heterocycles. The zero-order valence-corrected chi connectivity index (χ0v) is 12.9. The van der Waals surface area contributed by atoms with Gasteiger partial charge >= 0.3 is 0 Å². The van der Waals surface area contributed by atoms with Crippen LogP contribution in [-0.2, 0) is 13.0 Å². The van der Waals surface area contributed by atoms with Crippen molar-refractivity contribution < 1.29 is 4.42 Å². The summed E-state index contributed by atoms with van der Waals surface area (Å²) in [5.74, 6) is 0.952. The average molecular weight is 297 g/mol. The van der Waals surface area contributed by atoms with Crippen LogP contribution >= 0.6 is 11.3 Å². The van der Waals surface area contributed by atoms with Gasteiger partial charge in [0.25, 0.3) is 0 Å². The Morgan fingerprint density at radius 1 is 1.00 bits per heavy atom. The van der Waals surface area contributed by atoms with E-state index < -0.39 is 0 Å². The van der Waals surface area contributed by atoms with Crippen molar-refractivity contribution in [3.8, 4) is 0 Å². The molecule has 0 saturated heterocycles. The van der Waals surface area contributed by atoms with Crippen LogP contribution in [0.5, 0.6) is 0 Å². The molecule has 108 valence electrons. The highest BCUT2D eigenvalue weighted by atomic mass is 32.1. The van der Waals surface area contributed by atoms with E-state index in [1.807, 2.05) is 29.5 Å². The number of furan rings is 1. The molecular formula is C18H19NOS. The second kappa shape index (κ2) is 6.74. The molecular weight excluding hydrogens is 278 g/mol. The number of hydrogen-bond acceptors (Lipinski definition) is 3. The highest BCUT2D eigenvalue weighted by Gasteiger charge is 2.16. The zero-order chi connectivity index (χ0) is 14.5. The van der Waals surface area contributed by atoms with E-state index in [9.17, 15) is 0 Å². The Morgan fingerprint density at radius 3 is 2.48 bits per heavy atom. The van der Waals surface area contributed by atoms with Gasteiger partial charge in [-0.1, -0.05) is 37.3 Å². The molecule has 0 fully saturated rings. The van der Waals surface area contributed by atoms with Crippen LogP contribution in [-0.4, -0.2) is 0 Å². The molecule has 2 heterocycles. The molecule has 1 unspecified atom stereocenters. The predicted molar refractivity (Wildman–Crippen MR) is 87.5 cm³/mol. The van der Waals surface area contributed by atoms with Crippen LogP contribution in [0.3, 0.4) is 0 Å². The summed E-state index contributed by atoms with van der Waals surface area (Å²) < 4.78 is 5.61. The lowest BCUT2D eigenvalue weighted by Gasteiger charge is -2.16. The molecule has 3 rings (SSSR count). The van der Waals surface area contributed by atoms with Gasteiger partial charge < -0.3 is 4.42 Å². The van der Waals surface area contributed by atoms with Gasteiger partial charge in [0.05, 0.1) is 12.3 Å². The van der Waals surface area contributed by atoms with Gasteiger partial charge in [0.15, 0.2) is 0 Å². The van der Waals surface area contributed by atoms with Crippen LogP contribution in [0.4, 0.5) is 0 Å². The molecule has 0 bridgehead atoms. The van der Waals surface area contributed by atoms with Crippen molar-refractivity contribution in [2.45, 2.75) is 25.9 Å². The average Bonchev–Trinajstić information content (AvgIpc) is 3.20. The summed E-state index contributed by atoms with van der Waals surface area (Å²) in [5.41, 5.74) is 1.22. The Hall–Kier alpha value is -1.84. The minimum atomic E-state index is 0.0911. The Balaban J connectivity index is 1.77. The van der Waals surface area contributed by atoms with E-state index in [2.05, 4.69) is 48.6 Å². The van der Waals surface area contributed by atoms with Crippen molar-refractivity contribution in [1.82, 2.24) is 5.32 Å². The fraction of sp³-hybridized carbons (Fsp3) is 0.222. The number of hydrogen-bond donors (Lipinski definition) is 1. The van der Waals surface area contributed by atoms with Crippen LogP contribution in [0.25, 0.3) is 0 Å². The maximum Gasteiger partial charge on any atom is 0.125 e. The fourth-order valence-corrected chi connectivity index (χ4v) is 3.30. The molecule has 3 aromatic rings. The summed E-state index contributed by atoms with van der Waals surface area (Å²) in [7, 11) is 0. The molecule has 2 nitrogen and oxygen atoms in total. The fourth-order valence-electron chi connectivity index (χ4n) is 2.39. The van der Waals surface area contributed by atoms with E-state index in [1.165, 1.54) is 15.3 Å². The third kappa shape index (κ3) is 3.43. The van der Waals surface area contributed by atoms with Crippen molar-refractivity contribution >= 4 is 11.3 Å². The van der Waals surface area contributed by atoms with E-state index in [4.69, 9.17) is 4.42 Å². The first-order chi connectivity index (χ1) is 10.4. The molecule has 0 aliphatic carbocycles. The lowest BCUT2D eigenvalue weighted by molar-refractivity contribution is 0.447. The zero-order valence-electron chi connectivity index (χ0n) is 12.1. The van der Waals surface area contributed by atoms with Gasteiger partial charge in [-0.05, 0) is 36.2 Å². The molecule has 3 heteroatoms. The van der Waals surface area contributed by atoms with E-state index in [-0.39, 0.29) is 6.04 Å². The lowest BCUT2D eigenvalue weighted by Crippen LogP contribution is -2.21. The maximum atomic E-state index is 5.61.